The van der Waals surface area contributed by atoms with Gasteiger partial charge in [0.15, 0.2) is 0 Å². The van der Waals surface area contributed by atoms with E-state index in [0.29, 0.717) is 6.42 Å². The number of hydrogen-bond donors (Lipinski definition) is 1. The Bertz CT molecular complexity index is 338. The van der Waals surface area contributed by atoms with Gasteiger partial charge in [0, 0.05) is 6.92 Å². The molecular formula is C13H23NO5. The second kappa shape index (κ2) is 7.76. The summed E-state index contributed by atoms with van der Waals surface area (Å²) in [4.78, 5) is 34.5. The first kappa shape index (κ1) is 17.4. The monoisotopic (exact) mass is 273 g/mol. The fraction of sp³-hybridized carbons (Fsp3) is 0.769. The molecule has 0 saturated carbocycles. The van der Waals surface area contributed by atoms with E-state index >= 15 is 0 Å². The lowest BCUT2D eigenvalue weighted by Gasteiger charge is -2.24. The van der Waals surface area contributed by atoms with Crippen LogP contribution in [0.3, 0.4) is 0 Å². The van der Waals surface area contributed by atoms with Gasteiger partial charge in [-0.3, -0.25) is 9.59 Å². The van der Waals surface area contributed by atoms with Crippen LogP contribution in [0.4, 0.5) is 0 Å². The topological polar surface area (TPSA) is 95.7 Å². The summed E-state index contributed by atoms with van der Waals surface area (Å²) in [5.74, 6) is -2.83. The molecule has 0 bridgehead atoms. The first-order valence-electron chi connectivity index (χ1n) is 6.32. The Labute approximate surface area is 113 Å². The smallest absolute Gasteiger partial charge is 0.348 e. The summed E-state index contributed by atoms with van der Waals surface area (Å²) in [6, 6.07) is 0. The molecule has 1 amide bonds. The molecule has 110 valence electrons. The Kier molecular flexibility index (Phi) is 7.11. The Morgan fingerprint density at radius 1 is 1.05 bits per heavy atom. The molecule has 19 heavy (non-hydrogen) atoms. The van der Waals surface area contributed by atoms with E-state index in [9.17, 15) is 14.4 Å². The third kappa shape index (κ3) is 6.79. The molecule has 6 nitrogen and oxygen atoms in total. The number of ether oxygens (including phenoxy) is 2. The minimum Gasteiger partial charge on any atom is -0.460 e. The number of primary amides is 1. The fourth-order valence-corrected chi connectivity index (χ4v) is 1.67. The molecule has 0 spiro atoms. The van der Waals surface area contributed by atoms with E-state index in [2.05, 4.69) is 0 Å². The molecule has 0 fully saturated rings. The predicted octanol–water partition coefficient (Wildman–Crippen LogP) is 1.02. The number of carbonyl (C=O) groups is 3. The molecule has 0 heterocycles. The zero-order valence-corrected chi connectivity index (χ0v) is 12.1. The van der Waals surface area contributed by atoms with Gasteiger partial charge < -0.3 is 15.2 Å². The van der Waals surface area contributed by atoms with Crippen molar-refractivity contribution in [2.24, 2.45) is 17.6 Å². The van der Waals surface area contributed by atoms with E-state index < -0.39 is 29.9 Å². The maximum Gasteiger partial charge on any atom is 0.348 e. The predicted molar refractivity (Wildman–Crippen MR) is 68.9 cm³/mol. The van der Waals surface area contributed by atoms with Crippen molar-refractivity contribution in [3.63, 3.8) is 0 Å². The largest absolute Gasteiger partial charge is 0.460 e. The second-order valence-electron chi connectivity index (χ2n) is 5.15. The van der Waals surface area contributed by atoms with Crippen LogP contribution in [-0.4, -0.2) is 30.1 Å². The van der Waals surface area contributed by atoms with Crippen LogP contribution < -0.4 is 5.73 Å². The normalized spacial score (nSPS) is 14.1. The molecule has 0 aliphatic heterocycles. The summed E-state index contributed by atoms with van der Waals surface area (Å²) in [6.45, 7) is 8.28. The molecule has 0 aromatic rings. The fourth-order valence-electron chi connectivity index (χ4n) is 1.67. The maximum absolute atomic E-state index is 11.9. The van der Waals surface area contributed by atoms with Crippen LogP contribution in [0.5, 0.6) is 0 Å². The number of rotatable bonds is 7. The van der Waals surface area contributed by atoms with Gasteiger partial charge in [-0.25, -0.2) is 4.79 Å². The molecule has 0 saturated heterocycles. The van der Waals surface area contributed by atoms with Crippen molar-refractivity contribution in [3.05, 3.63) is 0 Å². The number of carbonyl (C=O) groups excluding carboxylic acids is 3. The van der Waals surface area contributed by atoms with Crippen LogP contribution in [0.2, 0.25) is 0 Å². The highest BCUT2D eigenvalue weighted by Gasteiger charge is 2.37. The van der Waals surface area contributed by atoms with Crippen molar-refractivity contribution >= 4 is 17.8 Å². The second-order valence-corrected chi connectivity index (χ2v) is 5.15. The third-order valence-electron chi connectivity index (χ3n) is 2.33. The summed E-state index contributed by atoms with van der Waals surface area (Å²) in [5.41, 5.74) is 5.29. The van der Waals surface area contributed by atoms with E-state index in [1.54, 1.807) is 13.8 Å². The first-order chi connectivity index (χ1) is 8.65. The van der Waals surface area contributed by atoms with Crippen LogP contribution in [0, 0.1) is 11.8 Å². The molecular weight excluding hydrogens is 250 g/mol. The number of nitrogens with two attached hydrogens (primary N) is 1. The summed E-state index contributed by atoms with van der Waals surface area (Å²) >= 11 is 0. The average Bonchev–Trinajstić information content (AvgIpc) is 2.20. The van der Waals surface area contributed by atoms with Crippen molar-refractivity contribution in [2.45, 2.75) is 53.2 Å². The highest BCUT2D eigenvalue weighted by molar-refractivity contribution is 5.87. The van der Waals surface area contributed by atoms with Gasteiger partial charge in [0.05, 0.1) is 12.0 Å². The van der Waals surface area contributed by atoms with Crippen LogP contribution in [-0.2, 0) is 23.9 Å². The lowest BCUT2D eigenvalue weighted by Crippen LogP contribution is -2.43. The summed E-state index contributed by atoms with van der Waals surface area (Å²) in [6.07, 6.45) is -1.29. The maximum atomic E-state index is 11.9. The zero-order valence-electron chi connectivity index (χ0n) is 12.1. The SMILES string of the molecule is CC(=O)O[C@@H](C(=O)OC(C)C)[C@H](CC(C)C)C(N)=O. The number of amides is 1. The van der Waals surface area contributed by atoms with Crippen molar-refractivity contribution in [1.82, 2.24) is 0 Å². The standard InChI is InChI=1S/C13H23NO5/c1-7(2)6-10(12(14)16)11(19-9(5)15)13(17)18-8(3)4/h7-8,10-11H,6H2,1-5H3,(H2,14,16)/t10-,11+/m0/s1. The minimum atomic E-state index is -1.28. The minimum absolute atomic E-state index is 0.127. The van der Waals surface area contributed by atoms with Crippen molar-refractivity contribution in [2.75, 3.05) is 0 Å². The number of esters is 2. The summed E-state index contributed by atoms with van der Waals surface area (Å²) < 4.78 is 9.93. The molecule has 0 aromatic carbocycles. The highest BCUT2D eigenvalue weighted by atomic mass is 16.6. The first-order valence-corrected chi connectivity index (χ1v) is 6.32. The highest BCUT2D eigenvalue weighted by Crippen LogP contribution is 2.20. The molecule has 0 aromatic heterocycles. The van der Waals surface area contributed by atoms with Crippen LogP contribution in [0.15, 0.2) is 0 Å². The lowest BCUT2D eigenvalue weighted by molar-refractivity contribution is -0.175. The van der Waals surface area contributed by atoms with E-state index in [-0.39, 0.29) is 12.0 Å². The van der Waals surface area contributed by atoms with Crippen molar-refractivity contribution in [1.29, 1.82) is 0 Å². The van der Waals surface area contributed by atoms with Crippen LogP contribution >= 0.6 is 0 Å². The zero-order chi connectivity index (χ0) is 15.2. The van der Waals surface area contributed by atoms with Gasteiger partial charge >= 0.3 is 11.9 Å². The quantitative estimate of drug-likeness (QED) is 0.698. The van der Waals surface area contributed by atoms with Crippen LogP contribution in [0.25, 0.3) is 0 Å². The lowest BCUT2D eigenvalue weighted by atomic mass is 9.91. The summed E-state index contributed by atoms with van der Waals surface area (Å²) in [7, 11) is 0. The number of hydrogen-bond acceptors (Lipinski definition) is 5. The van der Waals surface area contributed by atoms with Gasteiger partial charge in [0.2, 0.25) is 12.0 Å². The molecule has 2 atom stereocenters. The van der Waals surface area contributed by atoms with E-state index in [4.69, 9.17) is 15.2 Å². The average molecular weight is 273 g/mol. The van der Waals surface area contributed by atoms with E-state index in [0.717, 1.165) is 0 Å². The molecule has 0 rings (SSSR count). The molecule has 2 N–H and O–H groups in total. The Hall–Kier alpha value is -1.59. The van der Waals surface area contributed by atoms with Crippen molar-refractivity contribution < 1.29 is 23.9 Å². The Balaban J connectivity index is 5.10. The van der Waals surface area contributed by atoms with Gasteiger partial charge in [-0.1, -0.05) is 13.8 Å². The molecule has 0 aliphatic carbocycles. The summed E-state index contributed by atoms with van der Waals surface area (Å²) in [5, 5.41) is 0. The third-order valence-corrected chi connectivity index (χ3v) is 2.33. The Morgan fingerprint density at radius 3 is 1.89 bits per heavy atom. The van der Waals surface area contributed by atoms with Gasteiger partial charge in [-0.15, -0.1) is 0 Å². The molecule has 0 aliphatic rings. The van der Waals surface area contributed by atoms with Crippen molar-refractivity contribution in [3.8, 4) is 0 Å². The molecule has 0 radical (unpaired) electrons. The van der Waals surface area contributed by atoms with Gasteiger partial charge in [0.1, 0.15) is 0 Å². The van der Waals surface area contributed by atoms with Gasteiger partial charge in [0.25, 0.3) is 0 Å². The molecule has 6 heteroatoms. The Morgan fingerprint density at radius 2 is 1.58 bits per heavy atom. The van der Waals surface area contributed by atoms with Gasteiger partial charge in [-0.05, 0) is 26.2 Å². The van der Waals surface area contributed by atoms with Crippen LogP contribution in [0.1, 0.15) is 41.0 Å². The van der Waals surface area contributed by atoms with E-state index in [1.807, 2.05) is 13.8 Å². The molecule has 0 unspecified atom stereocenters. The van der Waals surface area contributed by atoms with E-state index in [1.165, 1.54) is 6.92 Å². The van der Waals surface area contributed by atoms with Gasteiger partial charge in [-0.2, -0.15) is 0 Å².